The first-order valence-corrected chi connectivity index (χ1v) is 11.9. The van der Waals surface area contributed by atoms with Crippen LogP contribution in [0.1, 0.15) is 60.6 Å². The molecule has 36 heavy (non-hydrogen) atoms. The topological polar surface area (TPSA) is 99.0 Å². The average molecular weight is 480 g/mol. The van der Waals surface area contributed by atoms with Crippen molar-refractivity contribution in [2.45, 2.75) is 45.1 Å². The molecule has 1 saturated heterocycles. The fraction of sp³-hybridized carbons (Fsp3) is 0.286. The van der Waals surface area contributed by atoms with Gasteiger partial charge in [0.05, 0.1) is 6.54 Å². The molecule has 1 aliphatic rings. The second-order valence-electron chi connectivity index (χ2n) is 8.54. The van der Waals surface area contributed by atoms with Crippen LogP contribution in [0.15, 0.2) is 65.6 Å². The summed E-state index contributed by atoms with van der Waals surface area (Å²) in [6.45, 7) is 3.27. The van der Waals surface area contributed by atoms with Gasteiger partial charge in [0.15, 0.2) is 12.1 Å². The molecule has 8 nitrogen and oxygen atoms in total. The molecule has 1 aliphatic heterocycles. The predicted molar refractivity (Wildman–Crippen MR) is 131 cm³/mol. The Hall–Kier alpha value is -4.24. The normalized spacial score (nSPS) is 16.1. The number of hydrogen-bond acceptors (Lipinski definition) is 7. The van der Waals surface area contributed by atoms with Crippen LogP contribution in [0, 0.1) is 23.2 Å². The molecule has 0 saturated carbocycles. The summed E-state index contributed by atoms with van der Waals surface area (Å²) >= 11 is 0. The van der Waals surface area contributed by atoms with Crippen LogP contribution in [0.5, 0.6) is 0 Å². The van der Waals surface area contributed by atoms with Crippen molar-refractivity contribution >= 4 is 0 Å². The third kappa shape index (κ3) is 5.69. The Labute approximate surface area is 209 Å². The number of aromatic nitrogens is 4. The van der Waals surface area contributed by atoms with Gasteiger partial charge in [0.1, 0.15) is 29.4 Å². The fourth-order valence-corrected chi connectivity index (χ4v) is 4.01. The maximum Gasteiger partial charge on any atom is 0.167 e. The second kappa shape index (κ2) is 11.0. The molecule has 5 rings (SSSR count). The lowest BCUT2D eigenvalue weighted by molar-refractivity contribution is -0.188. The maximum atomic E-state index is 8.84. The second-order valence-corrected chi connectivity index (χ2v) is 8.54. The molecule has 0 spiro atoms. The number of nitrogens with zero attached hydrogens (tertiary/aromatic N) is 5. The van der Waals surface area contributed by atoms with Crippen molar-refractivity contribution in [3.63, 3.8) is 0 Å². The van der Waals surface area contributed by atoms with Crippen molar-refractivity contribution in [3.8, 4) is 29.2 Å². The summed E-state index contributed by atoms with van der Waals surface area (Å²) in [5.74, 6) is 7.67. The van der Waals surface area contributed by atoms with Crippen LogP contribution < -0.4 is 0 Å². The van der Waals surface area contributed by atoms with Gasteiger partial charge in [-0.2, -0.15) is 5.26 Å². The number of pyridine rings is 1. The number of imidazole rings is 1. The molecule has 0 bridgehead atoms. The van der Waals surface area contributed by atoms with Gasteiger partial charge in [0.2, 0.25) is 0 Å². The van der Waals surface area contributed by atoms with Crippen LogP contribution >= 0.6 is 0 Å². The molecule has 8 heteroatoms. The van der Waals surface area contributed by atoms with Crippen molar-refractivity contribution < 1.29 is 14.0 Å². The van der Waals surface area contributed by atoms with Gasteiger partial charge in [-0.1, -0.05) is 17.0 Å². The molecule has 0 radical (unpaired) electrons. The highest BCUT2D eigenvalue weighted by Gasteiger charge is 2.21. The number of hydrogen-bond donors (Lipinski definition) is 0. The molecule has 1 fully saturated rings. The molecule has 1 aromatic carbocycles. The van der Waals surface area contributed by atoms with E-state index in [4.69, 9.17) is 19.3 Å². The zero-order valence-electron chi connectivity index (χ0n) is 19.9. The standard InChI is InChI=1S/C28H25N5O3/c1-20(35-27-4-2-3-15-34-27)28-30-13-14-33(28)19-25-16-26(36-32-25)23-10-7-21(8-11-23)5-6-22-9-12-24(17-29)31-18-22/h7-14,16,18,20,27H,2-4,15,19H2,1H3/t20-,27?/m0/s1. The minimum atomic E-state index is -0.191. The molecule has 4 heterocycles. The average Bonchev–Trinajstić information content (AvgIpc) is 3.59. The highest BCUT2D eigenvalue weighted by atomic mass is 16.7. The Kier molecular flexibility index (Phi) is 7.18. The minimum Gasteiger partial charge on any atom is -0.356 e. The predicted octanol–water partition coefficient (Wildman–Crippen LogP) is 4.86. The lowest BCUT2D eigenvalue weighted by atomic mass is 10.1. The molecule has 1 unspecified atom stereocenters. The van der Waals surface area contributed by atoms with E-state index in [0.717, 1.165) is 54.1 Å². The van der Waals surface area contributed by atoms with E-state index < -0.39 is 0 Å². The summed E-state index contributed by atoms with van der Waals surface area (Å²) in [6.07, 6.45) is 8.04. The Morgan fingerprint density at radius 3 is 2.69 bits per heavy atom. The van der Waals surface area contributed by atoms with Gasteiger partial charge in [-0.3, -0.25) is 0 Å². The lowest BCUT2D eigenvalue weighted by Crippen LogP contribution is -2.24. The zero-order chi connectivity index (χ0) is 24.7. The van der Waals surface area contributed by atoms with Gasteiger partial charge in [0, 0.05) is 48.0 Å². The molecule has 180 valence electrons. The van der Waals surface area contributed by atoms with Gasteiger partial charge in [0.25, 0.3) is 0 Å². The first-order chi connectivity index (χ1) is 17.7. The maximum absolute atomic E-state index is 8.84. The van der Waals surface area contributed by atoms with Crippen molar-refractivity contribution in [1.82, 2.24) is 19.7 Å². The largest absolute Gasteiger partial charge is 0.356 e. The highest BCUT2D eigenvalue weighted by Crippen LogP contribution is 2.25. The third-order valence-electron chi connectivity index (χ3n) is 5.90. The van der Waals surface area contributed by atoms with Gasteiger partial charge in [-0.15, -0.1) is 0 Å². The molecule has 4 aromatic rings. The monoisotopic (exact) mass is 479 g/mol. The van der Waals surface area contributed by atoms with Gasteiger partial charge < -0.3 is 18.6 Å². The van der Waals surface area contributed by atoms with Crippen molar-refractivity contribution in [3.05, 3.63) is 89.4 Å². The quantitative estimate of drug-likeness (QED) is 0.364. The van der Waals surface area contributed by atoms with E-state index in [1.807, 2.05) is 54.1 Å². The first-order valence-electron chi connectivity index (χ1n) is 11.9. The van der Waals surface area contributed by atoms with Gasteiger partial charge in [-0.25, -0.2) is 9.97 Å². The number of ether oxygens (including phenoxy) is 2. The van der Waals surface area contributed by atoms with Crippen molar-refractivity contribution in [2.75, 3.05) is 6.61 Å². The number of benzene rings is 1. The van der Waals surface area contributed by atoms with Crippen LogP contribution in [0.3, 0.4) is 0 Å². The highest BCUT2D eigenvalue weighted by molar-refractivity contribution is 5.59. The smallest absolute Gasteiger partial charge is 0.167 e. The van der Waals surface area contributed by atoms with Crippen LogP contribution in [0.25, 0.3) is 11.3 Å². The first kappa shape index (κ1) is 23.5. The van der Waals surface area contributed by atoms with E-state index in [2.05, 4.69) is 27.0 Å². The molecular weight excluding hydrogens is 454 g/mol. The summed E-state index contributed by atoms with van der Waals surface area (Å²) in [7, 11) is 0. The van der Waals surface area contributed by atoms with Crippen molar-refractivity contribution in [1.29, 1.82) is 5.26 Å². The molecular formula is C28H25N5O3. The SMILES string of the molecule is C[C@H](OC1CCCCO1)c1nccn1Cc1cc(-c2ccc(C#Cc3ccc(C#N)nc3)cc2)on1. The van der Waals surface area contributed by atoms with Crippen LogP contribution in [0.2, 0.25) is 0 Å². The Bertz CT molecular complexity index is 1400. The summed E-state index contributed by atoms with van der Waals surface area (Å²) < 4.78 is 19.4. The van der Waals surface area contributed by atoms with E-state index in [1.165, 1.54) is 0 Å². The molecule has 2 atom stereocenters. The summed E-state index contributed by atoms with van der Waals surface area (Å²) in [6, 6.07) is 15.1. The van der Waals surface area contributed by atoms with E-state index in [0.29, 0.717) is 18.0 Å². The van der Waals surface area contributed by atoms with Crippen LogP contribution in [0.4, 0.5) is 0 Å². The molecule has 0 aliphatic carbocycles. The Morgan fingerprint density at radius 1 is 1.11 bits per heavy atom. The van der Waals surface area contributed by atoms with E-state index in [9.17, 15) is 0 Å². The van der Waals surface area contributed by atoms with Gasteiger partial charge in [-0.05, 0) is 62.6 Å². The van der Waals surface area contributed by atoms with Gasteiger partial charge >= 0.3 is 0 Å². The van der Waals surface area contributed by atoms with Crippen LogP contribution in [-0.2, 0) is 16.0 Å². The molecule has 0 amide bonds. The number of rotatable bonds is 6. The Balaban J connectivity index is 1.23. The van der Waals surface area contributed by atoms with E-state index in [-0.39, 0.29) is 12.4 Å². The fourth-order valence-electron chi connectivity index (χ4n) is 4.01. The molecule has 0 N–H and O–H groups in total. The summed E-state index contributed by atoms with van der Waals surface area (Å²) in [5, 5.41) is 13.1. The van der Waals surface area contributed by atoms with Crippen LogP contribution in [-0.4, -0.2) is 32.6 Å². The van der Waals surface area contributed by atoms with E-state index in [1.54, 1.807) is 24.5 Å². The van der Waals surface area contributed by atoms with E-state index >= 15 is 0 Å². The third-order valence-corrected chi connectivity index (χ3v) is 5.90. The minimum absolute atomic E-state index is 0.175. The summed E-state index contributed by atoms with van der Waals surface area (Å²) in [4.78, 5) is 8.53. The zero-order valence-corrected chi connectivity index (χ0v) is 19.9. The molecule has 3 aromatic heterocycles. The van der Waals surface area contributed by atoms with Crippen molar-refractivity contribution in [2.24, 2.45) is 0 Å². The summed E-state index contributed by atoms with van der Waals surface area (Å²) in [5.41, 5.74) is 3.70. The lowest BCUT2D eigenvalue weighted by Gasteiger charge is -2.26. The number of nitriles is 1. The Morgan fingerprint density at radius 2 is 1.94 bits per heavy atom.